The number of aromatic amines is 1. The minimum atomic E-state index is -0.949. The van der Waals surface area contributed by atoms with Crippen LogP contribution in [-0.4, -0.2) is 27.1 Å². The molecule has 1 rings (SSSR count). The van der Waals surface area contributed by atoms with E-state index in [0.717, 1.165) is 11.3 Å². The molecule has 0 aliphatic rings. The van der Waals surface area contributed by atoms with Crippen LogP contribution in [0.25, 0.3) is 0 Å². The molecule has 0 radical (unpaired) electrons. The standard InChI is InChI=1S/C11H16N2O4/c1-6-7(2-3-10(14)15)8(4-11(16)17)9(5-12)13-6/h13H,2-5,12H2,1H3,(H,14,15)(H,16,17). The molecule has 94 valence electrons. The van der Waals surface area contributed by atoms with Crippen LogP contribution in [0.4, 0.5) is 0 Å². The van der Waals surface area contributed by atoms with Crippen molar-refractivity contribution in [1.29, 1.82) is 0 Å². The van der Waals surface area contributed by atoms with Crippen molar-refractivity contribution >= 4 is 11.9 Å². The monoisotopic (exact) mass is 240 g/mol. The second-order valence-corrected chi connectivity index (χ2v) is 3.85. The lowest BCUT2D eigenvalue weighted by Crippen LogP contribution is -2.08. The van der Waals surface area contributed by atoms with Crippen molar-refractivity contribution in [3.63, 3.8) is 0 Å². The van der Waals surface area contributed by atoms with Crippen LogP contribution in [0.15, 0.2) is 0 Å². The molecule has 1 aromatic heterocycles. The zero-order valence-corrected chi connectivity index (χ0v) is 9.62. The first-order valence-electron chi connectivity index (χ1n) is 5.28. The number of hydrogen-bond acceptors (Lipinski definition) is 3. The summed E-state index contributed by atoms with van der Waals surface area (Å²) in [5.41, 5.74) is 8.37. The van der Waals surface area contributed by atoms with Crippen molar-refractivity contribution < 1.29 is 19.8 Å². The molecule has 0 bridgehead atoms. The van der Waals surface area contributed by atoms with Crippen molar-refractivity contribution in [1.82, 2.24) is 4.98 Å². The fourth-order valence-electron chi connectivity index (χ4n) is 1.89. The van der Waals surface area contributed by atoms with E-state index in [0.29, 0.717) is 17.7 Å². The summed E-state index contributed by atoms with van der Waals surface area (Å²) < 4.78 is 0. The Hall–Kier alpha value is -1.82. The van der Waals surface area contributed by atoms with Gasteiger partial charge in [-0.1, -0.05) is 0 Å². The lowest BCUT2D eigenvalue weighted by Gasteiger charge is -2.03. The second kappa shape index (κ2) is 5.49. The van der Waals surface area contributed by atoms with E-state index in [1.54, 1.807) is 6.92 Å². The maximum Gasteiger partial charge on any atom is 0.307 e. The van der Waals surface area contributed by atoms with E-state index >= 15 is 0 Å². The van der Waals surface area contributed by atoms with Crippen LogP contribution in [0.1, 0.15) is 28.9 Å². The van der Waals surface area contributed by atoms with Gasteiger partial charge in [0.2, 0.25) is 0 Å². The van der Waals surface area contributed by atoms with Gasteiger partial charge in [0, 0.05) is 24.4 Å². The third kappa shape index (κ3) is 3.32. The average Bonchev–Trinajstić information content (AvgIpc) is 2.51. The largest absolute Gasteiger partial charge is 0.481 e. The first kappa shape index (κ1) is 13.2. The maximum atomic E-state index is 10.8. The summed E-state index contributed by atoms with van der Waals surface area (Å²) in [6, 6.07) is 0. The maximum absolute atomic E-state index is 10.8. The molecule has 1 heterocycles. The van der Waals surface area contributed by atoms with Crippen molar-refractivity contribution in [2.24, 2.45) is 5.73 Å². The molecule has 0 amide bonds. The molecule has 6 heteroatoms. The first-order valence-corrected chi connectivity index (χ1v) is 5.28. The molecule has 17 heavy (non-hydrogen) atoms. The second-order valence-electron chi connectivity index (χ2n) is 3.85. The number of nitrogens with one attached hydrogen (secondary N) is 1. The fraction of sp³-hybridized carbons (Fsp3) is 0.455. The van der Waals surface area contributed by atoms with Crippen molar-refractivity contribution in [2.75, 3.05) is 0 Å². The van der Waals surface area contributed by atoms with Gasteiger partial charge in [-0.05, 0) is 24.5 Å². The third-order valence-corrected chi connectivity index (χ3v) is 2.64. The lowest BCUT2D eigenvalue weighted by molar-refractivity contribution is -0.137. The highest BCUT2D eigenvalue weighted by Crippen LogP contribution is 2.21. The highest BCUT2D eigenvalue weighted by molar-refractivity contribution is 5.72. The van der Waals surface area contributed by atoms with E-state index in [9.17, 15) is 9.59 Å². The summed E-state index contributed by atoms with van der Waals surface area (Å²) >= 11 is 0. The predicted molar refractivity (Wildman–Crippen MR) is 60.7 cm³/mol. The van der Waals surface area contributed by atoms with Crippen LogP contribution >= 0.6 is 0 Å². The lowest BCUT2D eigenvalue weighted by atomic mass is 10.0. The number of aliphatic carboxylic acids is 2. The number of carboxylic acids is 2. The molecular formula is C11H16N2O4. The van der Waals surface area contributed by atoms with E-state index in [4.69, 9.17) is 15.9 Å². The van der Waals surface area contributed by atoms with Crippen LogP contribution < -0.4 is 5.73 Å². The molecule has 5 N–H and O–H groups in total. The van der Waals surface area contributed by atoms with Gasteiger partial charge < -0.3 is 20.9 Å². The van der Waals surface area contributed by atoms with Gasteiger partial charge in [0.15, 0.2) is 0 Å². The Morgan fingerprint density at radius 3 is 2.35 bits per heavy atom. The van der Waals surface area contributed by atoms with Crippen molar-refractivity contribution in [3.05, 3.63) is 22.5 Å². The van der Waals surface area contributed by atoms with E-state index in [-0.39, 0.29) is 19.4 Å². The first-order chi connectivity index (χ1) is 7.95. The Bertz CT molecular complexity index is 437. The SMILES string of the molecule is Cc1[nH]c(CN)c(CC(=O)O)c1CCC(=O)O. The number of carboxylic acid groups (broad SMARTS) is 2. The van der Waals surface area contributed by atoms with Gasteiger partial charge in [-0.3, -0.25) is 9.59 Å². The molecule has 6 nitrogen and oxygen atoms in total. The number of H-pyrrole nitrogens is 1. The van der Waals surface area contributed by atoms with Gasteiger partial charge >= 0.3 is 11.9 Å². The molecular weight excluding hydrogens is 224 g/mol. The molecule has 0 saturated carbocycles. The Morgan fingerprint density at radius 2 is 1.88 bits per heavy atom. The number of aromatic nitrogens is 1. The quantitative estimate of drug-likeness (QED) is 0.575. The van der Waals surface area contributed by atoms with Gasteiger partial charge in [-0.25, -0.2) is 0 Å². The number of hydrogen-bond donors (Lipinski definition) is 4. The van der Waals surface area contributed by atoms with Crippen molar-refractivity contribution in [3.8, 4) is 0 Å². The smallest absolute Gasteiger partial charge is 0.307 e. The molecule has 0 saturated heterocycles. The Kier molecular flexibility index (Phi) is 4.28. The molecule has 0 unspecified atom stereocenters. The zero-order chi connectivity index (χ0) is 13.0. The van der Waals surface area contributed by atoms with Gasteiger partial charge in [0.1, 0.15) is 0 Å². The minimum Gasteiger partial charge on any atom is -0.481 e. The third-order valence-electron chi connectivity index (χ3n) is 2.64. The van der Waals surface area contributed by atoms with Gasteiger partial charge in [0.25, 0.3) is 0 Å². The molecule has 0 atom stereocenters. The fourth-order valence-corrected chi connectivity index (χ4v) is 1.89. The van der Waals surface area contributed by atoms with Crippen LogP contribution in [0, 0.1) is 6.92 Å². The van der Waals surface area contributed by atoms with Crippen molar-refractivity contribution in [2.45, 2.75) is 32.7 Å². The number of rotatable bonds is 6. The van der Waals surface area contributed by atoms with E-state index in [2.05, 4.69) is 4.98 Å². The summed E-state index contributed by atoms with van der Waals surface area (Å²) in [5.74, 6) is -1.85. The topological polar surface area (TPSA) is 116 Å². The molecule has 0 aliphatic carbocycles. The summed E-state index contributed by atoms with van der Waals surface area (Å²) in [5, 5.41) is 17.5. The molecule has 0 aliphatic heterocycles. The molecule has 1 aromatic rings. The molecule has 0 spiro atoms. The van der Waals surface area contributed by atoms with Crippen LogP contribution in [0.3, 0.4) is 0 Å². The summed E-state index contributed by atoms with van der Waals surface area (Å²) in [6.07, 6.45) is 0.168. The average molecular weight is 240 g/mol. The van der Waals surface area contributed by atoms with Gasteiger partial charge in [0.05, 0.1) is 6.42 Å². The summed E-state index contributed by atoms with van der Waals surface area (Å²) in [6.45, 7) is 2.01. The van der Waals surface area contributed by atoms with Gasteiger partial charge in [-0.15, -0.1) is 0 Å². The number of carbonyl (C=O) groups is 2. The number of aryl methyl sites for hydroxylation is 1. The highest BCUT2D eigenvalue weighted by Gasteiger charge is 2.17. The van der Waals surface area contributed by atoms with Crippen LogP contribution in [0.2, 0.25) is 0 Å². The van der Waals surface area contributed by atoms with Gasteiger partial charge in [-0.2, -0.15) is 0 Å². The minimum absolute atomic E-state index is 0.0185. The normalized spacial score (nSPS) is 10.5. The highest BCUT2D eigenvalue weighted by atomic mass is 16.4. The molecule has 0 aromatic carbocycles. The van der Waals surface area contributed by atoms with Crippen LogP contribution in [0.5, 0.6) is 0 Å². The zero-order valence-electron chi connectivity index (χ0n) is 9.62. The summed E-state index contributed by atoms with van der Waals surface area (Å²) in [4.78, 5) is 24.3. The number of nitrogens with two attached hydrogens (primary N) is 1. The Labute approximate surface area is 98.4 Å². The van der Waals surface area contributed by atoms with E-state index in [1.165, 1.54) is 0 Å². The predicted octanol–water partition coefficient (Wildman–Crippen LogP) is 0.426. The Morgan fingerprint density at radius 1 is 1.24 bits per heavy atom. The summed E-state index contributed by atoms with van der Waals surface area (Å²) in [7, 11) is 0. The molecule has 0 fully saturated rings. The van der Waals surface area contributed by atoms with E-state index < -0.39 is 11.9 Å². The Balaban J connectivity index is 3.03. The van der Waals surface area contributed by atoms with Crippen LogP contribution in [-0.2, 0) is 29.0 Å². The van der Waals surface area contributed by atoms with E-state index in [1.807, 2.05) is 0 Å².